The van der Waals surface area contributed by atoms with Crippen LogP contribution in [0.25, 0.3) is 22.5 Å². The largest absolute Gasteiger partial charge is 0.573 e. The minimum Gasteiger partial charge on any atom is -0.406 e. The molecular formula is C28H26ClF4N5O3S. The number of anilines is 1. The molecule has 222 valence electrons. The number of hydrazine groups is 1. The second-order valence-electron chi connectivity index (χ2n) is 9.28. The maximum absolute atomic E-state index is 14.3. The Kier molecular flexibility index (Phi) is 8.58. The van der Waals surface area contributed by atoms with Crippen molar-refractivity contribution < 1.29 is 30.7 Å². The number of sulfone groups is 1. The van der Waals surface area contributed by atoms with Crippen LogP contribution < -0.4 is 21.3 Å². The Hall–Kier alpha value is -4.07. The summed E-state index contributed by atoms with van der Waals surface area (Å²) in [5.41, 5.74) is 8.25. The Morgan fingerprint density at radius 3 is 2.29 bits per heavy atom. The molecule has 8 nitrogen and oxygen atoms in total. The summed E-state index contributed by atoms with van der Waals surface area (Å²) in [6, 6.07) is 16.2. The standard InChI is InChI=1S/C28H26ClF4N5O3S/c1-16(30)26-27(29)37(17(2)36-26)23-12-9-20(19-5-4-6-22(13-19)42(3,39)40)14-24(23)38(35)25(15-34)18-7-10-21(11-8-18)41-28(31,32)33/h4-16H,34-35H2,1-3H3/b25-15-. The van der Waals surface area contributed by atoms with E-state index >= 15 is 0 Å². The number of nitrogens with two attached hydrogens (primary N) is 2. The number of hydrogen-bond donors (Lipinski definition) is 2. The van der Waals surface area contributed by atoms with E-state index in [2.05, 4.69) is 9.72 Å². The number of imidazole rings is 1. The lowest BCUT2D eigenvalue weighted by atomic mass is 10.0. The second kappa shape index (κ2) is 11.7. The van der Waals surface area contributed by atoms with Crippen molar-refractivity contribution in [3.8, 4) is 22.6 Å². The zero-order valence-corrected chi connectivity index (χ0v) is 24.1. The minimum absolute atomic E-state index is 0.0101. The van der Waals surface area contributed by atoms with Crippen molar-refractivity contribution in [3.63, 3.8) is 0 Å². The summed E-state index contributed by atoms with van der Waals surface area (Å²) in [5.74, 6) is 6.52. The molecule has 4 N–H and O–H groups in total. The third-order valence-corrected chi connectivity index (χ3v) is 7.74. The molecule has 42 heavy (non-hydrogen) atoms. The van der Waals surface area contributed by atoms with Gasteiger partial charge in [-0.3, -0.25) is 9.58 Å². The van der Waals surface area contributed by atoms with E-state index in [1.165, 1.54) is 40.8 Å². The fourth-order valence-electron chi connectivity index (χ4n) is 4.32. The van der Waals surface area contributed by atoms with Gasteiger partial charge < -0.3 is 10.5 Å². The summed E-state index contributed by atoms with van der Waals surface area (Å²) in [5, 5.41) is 1.20. The molecule has 4 aromatic rings. The van der Waals surface area contributed by atoms with Gasteiger partial charge in [-0.2, -0.15) is 0 Å². The highest BCUT2D eigenvalue weighted by Crippen LogP contribution is 2.38. The molecular weight excluding hydrogens is 598 g/mol. The molecule has 0 aliphatic rings. The first-order chi connectivity index (χ1) is 19.6. The second-order valence-corrected chi connectivity index (χ2v) is 11.7. The van der Waals surface area contributed by atoms with Gasteiger partial charge >= 0.3 is 6.36 Å². The molecule has 0 aliphatic carbocycles. The highest BCUT2D eigenvalue weighted by molar-refractivity contribution is 7.90. The van der Waals surface area contributed by atoms with Gasteiger partial charge in [0.05, 0.1) is 22.0 Å². The van der Waals surface area contributed by atoms with Crippen molar-refractivity contribution >= 4 is 32.8 Å². The number of rotatable bonds is 8. The van der Waals surface area contributed by atoms with Crippen molar-refractivity contribution in [1.82, 2.24) is 9.55 Å². The molecule has 0 saturated heterocycles. The Balaban J connectivity index is 1.89. The van der Waals surface area contributed by atoms with E-state index in [0.717, 1.165) is 24.6 Å². The zero-order valence-electron chi connectivity index (χ0n) is 22.5. The molecule has 0 spiro atoms. The molecule has 1 atom stereocenters. The number of benzene rings is 3. The van der Waals surface area contributed by atoms with Gasteiger partial charge in [0, 0.05) is 18.0 Å². The van der Waals surface area contributed by atoms with E-state index in [4.69, 9.17) is 23.2 Å². The Morgan fingerprint density at radius 1 is 1.10 bits per heavy atom. The fourth-order valence-corrected chi connectivity index (χ4v) is 5.40. The lowest BCUT2D eigenvalue weighted by Gasteiger charge is -2.26. The number of nitrogens with zero attached hydrogens (tertiary/aromatic N) is 3. The summed E-state index contributed by atoms with van der Waals surface area (Å²) in [6.07, 6.45) is -4.07. The van der Waals surface area contributed by atoms with E-state index in [1.54, 1.807) is 37.3 Å². The molecule has 1 unspecified atom stereocenters. The van der Waals surface area contributed by atoms with E-state index < -0.39 is 28.1 Å². The summed E-state index contributed by atoms with van der Waals surface area (Å²) >= 11 is 6.55. The van der Waals surface area contributed by atoms with Crippen LogP contribution in [0.15, 0.2) is 77.8 Å². The van der Waals surface area contributed by atoms with Crippen LogP contribution in [0, 0.1) is 6.92 Å². The molecule has 0 aliphatic heterocycles. The van der Waals surface area contributed by atoms with Gasteiger partial charge in [0.25, 0.3) is 0 Å². The Morgan fingerprint density at radius 2 is 1.74 bits per heavy atom. The number of aromatic nitrogens is 2. The first kappa shape index (κ1) is 30.9. The van der Waals surface area contributed by atoms with E-state index in [0.29, 0.717) is 28.2 Å². The number of halogens is 5. The SMILES string of the molecule is Cc1nc(C(C)F)c(Cl)n1-c1ccc(-c2cccc(S(C)(=O)=O)c2)cc1N(N)/C(=C\N)c1ccc(OC(F)(F)F)cc1. The molecule has 0 bridgehead atoms. The minimum atomic E-state index is -4.87. The molecule has 0 saturated carbocycles. The molecule has 1 heterocycles. The lowest BCUT2D eigenvalue weighted by Crippen LogP contribution is -2.31. The monoisotopic (exact) mass is 623 g/mol. The summed E-state index contributed by atoms with van der Waals surface area (Å²) in [7, 11) is -3.50. The van der Waals surface area contributed by atoms with E-state index in [9.17, 15) is 26.0 Å². The van der Waals surface area contributed by atoms with Crippen molar-refractivity contribution in [2.75, 3.05) is 11.3 Å². The van der Waals surface area contributed by atoms with Crippen LogP contribution in [0.4, 0.5) is 23.2 Å². The van der Waals surface area contributed by atoms with Crippen LogP contribution >= 0.6 is 11.6 Å². The average molecular weight is 624 g/mol. The van der Waals surface area contributed by atoms with Gasteiger partial charge in [-0.05, 0) is 73.5 Å². The fraction of sp³-hybridized carbons (Fsp3) is 0.179. The normalized spacial score (nSPS) is 13.2. The van der Waals surface area contributed by atoms with Crippen molar-refractivity contribution in [1.29, 1.82) is 0 Å². The van der Waals surface area contributed by atoms with Gasteiger partial charge in [0.2, 0.25) is 0 Å². The highest BCUT2D eigenvalue weighted by Gasteiger charge is 2.31. The van der Waals surface area contributed by atoms with Crippen LogP contribution in [-0.4, -0.2) is 30.6 Å². The number of ether oxygens (including phenoxy) is 1. The maximum atomic E-state index is 14.3. The predicted molar refractivity (Wildman–Crippen MR) is 153 cm³/mol. The Bertz CT molecular complexity index is 1750. The van der Waals surface area contributed by atoms with Gasteiger partial charge in [-0.1, -0.05) is 29.8 Å². The molecule has 0 radical (unpaired) electrons. The molecule has 0 fully saturated rings. The third-order valence-electron chi connectivity index (χ3n) is 6.26. The van der Waals surface area contributed by atoms with Gasteiger partial charge in [0.15, 0.2) is 9.84 Å². The van der Waals surface area contributed by atoms with E-state index in [-0.39, 0.29) is 27.1 Å². The highest BCUT2D eigenvalue weighted by atomic mass is 35.5. The molecule has 4 rings (SSSR count). The number of aryl methyl sites for hydroxylation is 1. The maximum Gasteiger partial charge on any atom is 0.573 e. The quantitative estimate of drug-likeness (QED) is 0.131. The summed E-state index contributed by atoms with van der Waals surface area (Å²) in [4.78, 5) is 4.36. The van der Waals surface area contributed by atoms with Crippen LogP contribution in [0.1, 0.15) is 30.2 Å². The molecule has 1 aromatic heterocycles. The number of hydrogen-bond acceptors (Lipinski definition) is 7. The Labute approximate surface area is 244 Å². The summed E-state index contributed by atoms with van der Waals surface area (Å²) < 4.78 is 82.0. The first-order valence-corrected chi connectivity index (χ1v) is 14.5. The third kappa shape index (κ3) is 6.53. The van der Waals surface area contributed by atoms with Crippen LogP contribution in [0.2, 0.25) is 5.15 Å². The number of alkyl halides is 4. The van der Waals surface area contributed by atoms with Crippen LogP contribution in [0.5, 0.6) is 5.75 Å². The molecule has 3 aromatic carbocycles. The topological polar surface area (TPSA) is 116 Å². The van der Waals surface area contributed by atoms with Gasteiger partial charge in [-0.15, -0.1) is 13.2 Å². The summed E-state index contributed by atoms with van der Waals surface area (Å²) in [6.45, 7) is 2.93. The lowest BCUT2D eigenvalue weighted by molar-refractivity contribution is -0.274. The van der Waals surface area contributed by atoms with Crippen molar-refractivity contribution in [2.24, 2.45) is 11.6 Å². The molecule has 14 heteroatoms. The van der Waals surface area contributed by atoms with Gasteiger partial charge in [-0.25, -0.2) is 23.6 Å². The van der Waals surface area contributed by atoms with Crippen molar-refractivity contribution in [3.05, 3.63) is 95.2 Å². The van der Waals surface area contributed by atoms with E-state index in [1.807, 2.05) is 0 Å². The van der Waals surface area contributed by atoms with Gasteiger partial charge in [0.1, 0.15) is 28.6 Å². The van der Waals surface area contributed by atoms with Crippen molar-refractivity contribution in [2.45, 2.75) is 31.3 Å². The van der Waals surface area contributed by atoms with Crippen LogP contribution in [-0.2, 0) is 9.84 Å². The predicted octanol–water partition coefficient (Wildman–Crippen LogP) is 6.47. The smallest absolute Gasteiger partial charge is 0.406 e. The molecule has 0 amide bonds. The van der Waals surface area contributed by atoms with Crippen LogP contribution in [0.3, 0.4) is 0 Å². The first-order valence-electron chi connectivity index (χ1n) is 12.3. The zero-order chi connectivity index (χ0) is 31.0. The average Bonchev–Trinajstić information content (AvgIpc) is 3.22.